The zero-order valence-corrected chi connectivity index (χ0v) is 10.9. The van der Waals surface area contributed by atoms with Crippen molar-refractivity contribution in [2.75, 3.05) is 19.7 Å². The molecule has 0 atom stereocenters. The minimum atomic E-state index is 0.118. The molecule has 0 aromatic carbocycles. The Balaban J connectivity index is 1.93. The fourth-order valence-corrected chi connectivity index (χ4v) is 3.03. The maximum atomic E-state index is 12.2. The average Bonchev–Trinajstić information content (AvgIpc) is 2.76. The van der Waals surface area contributed by atoms with Crippen LogP contribution in [0.15, 0.2) is 5.51 Å². The van der Waals surface area contributed by atoms with Crippen molar-refractivity contribution >= 4 is 17.2 Å². The molecule has 94 valence electrons. The highest BCUT2D eigenvalue weighted by Gasteiger charge is 2.25. The van der Waals surface area contributed by atoms with Crippen LogP contribution in [-0.4, -0.2) is 40.6 Å². The Morgan fingerprint density at radius 3 is 2.82 bits per heavy atom. The molecule has 1 aliphatic heterocycles. The average molecular weight is 254 g/mol. The van der Waals surface area contributed by atoms with E-state index in [2.05, 4.69) is 4.98 Å². The van der Waals surface area contributed by atoms with E-state index in [1.807, 2.05) is 11.8 Å². The molecule has 0 radical (unpaired) electrons. The van der Waals surface area contributed by atoms with E-state index < -0.39 is 0 Å². The Labute approximate surface area is 105 Å². The summed E-state index contributed by atoms with van der Waals surface area (Å²) in [7, 11) is 0. The number of hydrogen-bond donors (Lipinski definition) is 1. The number of aliphatic hydroxyl groups excluding tert-OH is 1. The van der Waals surface area contributed by atoms with Crippen LogP contribution in [-0.2, 0) is 0 Å². The number of nitrogens with zero attached hydrogens (tertiary/aromatic N) is 2. The first kappa shape index (κ1) is 12.5. The van der Waals surface area contributed by atoms with Gasteiger partial charge in [-0.3, -0.25) is 4.79 Å². The van der Waals surface area contributed by atoms with Gasteiger partial charge in [0.2, 0.25) is 0 Å². The highest BCUT2D eigenvalue weighted by atomic mass is 32.1. The molecule has 1 aromatic heterocycles. The van der Waals surface area contributed by atoms with Gasteiger partial charge in [0.25, 0.3) is 5.91 Å². The van der Waals surface area contributed by atoms with Gasteiger partial charge in [0, 0.05) is 19.7 Å². The molecule has 1 N–H and O–H groups in total. The van der Waals surface area contributed by atoms with E-state index in [1.165, 1.54) is 11.3 Å². The maximum absolute atomic E-state index is 12.2. The summed E-state index contributed by atoms with van der Waals surface area (Å²) in [5.41, 5.74) is 2.55. The number of rotatable bonds is 3. The van der Waals surface area contributed by atoms with E-state index in [4.69, 9.17) is 5.11 Å². The first-order valence-corrected chi connectivity index (χ1v) is 6.90. The molecule has 1 fully saturated rings. The van der Waals surface area contributed by atoms with Crippen molar-refractivity contribution in [1.82, 2.24) is 9.88 Å². The zero-order chi connectivity index (χ0) is 12.3. The van der Waals surface area contributed by atoms with Crippen LogP contribution in [0.5, 0.6) is 0 Å². The second-order valence-electron chi connectivity index (χ2n) is 4.51. The summed E-state index contributed by atoms with van der Waals surface area (Å²) < 4.78 is 0. The number of likely N-dealkylation sites (tertiary alicyclic amines) is 1. The zero-order valence-electron chi connectivity index (χ0n) is 10.1. The molecular weight excluding hydrogens is 236 g/mol. The topological polar surface area (TPSA) is 53.4 Å². The summed E-state index contributed by atoms with van der Waals surface area (Å²) in [5.74, 6) is 0.694. The number of thiazole rings is 1. The van der Waals surface area contributed by atoms with Gasteiger partial charge in [0.05, 0.1) is 11.2 Å². The van der Waals surface area contributed by atoms with E-state index in [9.17, 15) is 4.79 Å². The highest BCUT2D eigenvalue weighted by Crippen LogP contribution is 2.23. The largest absolute Gasteiger partial charge is 0.396 e. The van der Waals surface area contributed by atoms with Crippen molar-refractivity contribution in [2.45, 2.75) is 26.2 Å². The van der Waals surface area contributed by atoms with E-state index >= 15 is 0 Å². The molecule has 0 saturated carbocycles. The van der Waals surface area contributed by atoms with Gasteiger partial charge in [-0.05, 0) is 32.1 Å². The SMILES string of the molecule is Cc1ncsc1C(=O)N1CCC(CCO)CC1. The molecular formula is C12H18N2O2S. The first-order valence-electron chi connectivity index (χ1n) is 6.02. The normalized spacial score (nSPS) is 17.4. The summed E-state index contributed by atoms with van der Waals surface area (Å²) in [6.45, 7) is 3.75. The van der Waals surface area contributed by atoms with Crippen LogP contribution in [0.3, 0.4) is 0 Å². The van der Waals surface area contributed by atoms with Crippen LogP contribution in [0.25, 0.3) is 0 Å². The standard InChI is InChI=1S/C12H18N2O2S/c1-9-11(17-8-13-9)12(16)14-5-2-10(3-6-14)4-7-15/h8,10,15H,2-7H2,1H3. The molecule has 5 heteroatoms. The van der Waals surface area contributed by atoms with Gasteiger partial charge < -0.3 is 10.0 Å². The third-order valence-electron chi connectivity index (χ3n) is 3.38. The molecule has 1 amide bonds. The van der Waals surface area contributed by atoms with Gasteiger partial charge in [-0.25, -0.2) is 4.98 Å². The van der Waals surface area contributed by atoms with Crippen molar-refractivity contribution in [3.8, 4) is 0 Å². The number of carbonyl (C=O) groups is 1. The highest BCUT2D eigenvalue weighted by molar-refractivity contribution is 7.11. The fourth-order valence-electron chi connectivity index (χ4n) is 2.26. The molecule has 17 heavy (non-hydrogen) atoms. The minimum Gasteiger partial charge on any atom is -0.396 e. The molecule has 0 aliphatic carbocycles. The summed E-state index contributed by atoms with van der Waals surface area (Å²) >= 11 is 1.42. The van der Waals surface area contributed by atoms with Crippen molar-refractivity contribution in [3.63, 3.8) is 0 Å². The van der Waals surface area contributed by atoms with Gasteiger partial charge in [-0.1, -0.05) is 0 Å². The number of aryl methyl sites for hydroxylation is 1. The predicted molar refractivity (Wildman–Crippen MR) is 67.2 cm³/mol. The molecule has 0 spiro atoms. The second kappa shape index (κ2) is 5.60. The Morgan fingerprint density at radius 1 is 1.59 bits per heavy atom. The third kappa shape index (κ3) is 2.84. The van der Waals surface area contributed by atoms with E-state index in [0.717, 1.165) is 42.9 Å². The fraction of sp³-hybridized carbons (Fsp3) is 0.667. The predicted octanol–water partition coefficient (Wildman–Crippen LogP) is 1.69. The molecule has 2 heterocycles. The lowest BCUT2D eigenvalue weighted by Gasteiger charge is -2.31. The van der Waals surface area contributed by atoms with Gasteiger partial charge in [-0.2, -0.15) is 0 Å². The van der Waals surface area contributed by atoms with E-state index in [-0.39, 0.29) is 12.5 Å². The molecule has 0 bridgehead atoms. The number of hydrogen-bond acceptors (Lipinski definition) is 4. The van der Waals surface area contributed by atoms with E-state index in [1.54, 1.807) is 5.51 Å². The first-order chi connectivity index (χ1) is 8.22. The van der Waals surface area contributed by atoms with Crippen LogP contribution in [0.1, 0.15) is 34.6 Å². The maximum Gasteiger partial charge on any atom is 0.265 e. The quantitative estimate of drug-likeness (QED) is 0.893. The smallest absolute Gasteiger partial charge is 0.265 e. The van der Waals surface area contributed by atoms with Crippen LogP contribution < -0.4 is 0 Å². The van der Waals surface area contributed by atoms with Gasteiger partial charge >= 0.3 is 0 Å². The summed E-state index contributed by atoms with van der Waals surface area (Å²) in [6.07, 6.45) is 2.87. The number of aromatic nitrogens is 1. The minimum absolute atomic E-state index is 0.118. The summed E-state index contributed by atoms with van der Waals surface area (Å²) in [4.78, 5) is 19.0. The second-order valence-corrected chi connectivity index (χ2v) is 5.37. The van der Waals surface area contributed by atoms with Crippen molar-refractivity contribution in [1.29, 1.82) is 0 Å². The van der Waals surface area contributed by atoms with Gasteiger partial charge in [0.1, 0.15) is 4.88 Å². The summed E-state index contributed by atoms with van der Waals surface area (Å²) in [6, 6.07) is 0. The number of aliphatic hydroxyl groups is 1. The lowest BCUT2D eigenvalue weighted by Crippen LogP contribution is -2.38. The van der Waals surface area contributed by atoms with Crippen LogP contribution in [0.2, 0.25) is 0 Å². The third-order valence-corrected chi connectivity index (χ3v) is 4.30. The molecule has 1 aromatic rings. The molecule has 4 nitrogen and oxygen atoms in total. The Morgan fingerprint density at radius 2 is 2.29 bits per heavy atom. The Kier molecular flexibility index (Phi) is 4.12. The van der Waals surface area contributed by atoms with Crippen molar-refractivity contribution in [2.24, 2.45) is 5.92 Å². The molecule has 1 saturated heterocycles. The number of carbonyl (C=O) groups excluding carboxylic acids is 1. The Bertz CT molecular complexity index is 384. The lowest BCUT2D eigenvalue weighted by molar-refractivity contribution is 0.0682. The molecule has 1 aliphatic rings. The van der Waals surface area contributed by atoms with Crippen LogP contribution >= 0.6 is 11.3 Å². The van der Waals surface area contributed by atoms with Crippen LogP contribution in [0.4, 0.5) is 0 Å². The van der Waals surface area contributed by atoms with Crippen LogP contribution in [0, 0.1) is 12.8 Å². The van der Waals surface area contributed by atoms with E-state index in [0.29, 0.717) is 5.92 Å². The molecule has 2 rings (SSSR count). The Hall–Kier alpha value is -0.940. The van der Waals surface area contributed by atoms with Gasteiger partial charge in [-0.15, -0.1) is 11.3 Å². The summed E-state index contributed by atoms with van der Waals surface area (Å²) in [5, 5.41) is 8.89. The van der Waals surface area contributed by atoms with Crippen molar-refractivity contribution < 1.29 is 9.90 Å². The molecule has 0 unspecified atom stereocenters. The lowest BCUT2D eigenvalue weighted by atomic mass is 9.94. The number of amides is 1. The number of piperidine rings is 1. The monoisotopic (exact) mass is 254 g/mol. The van der Waals surface area contributed by atoms with Gasteiger partial charge in [0.15, 0.2) is 0 Å². The van der Waals surface area contributed by atoms with Crippen molar-refractivity contribution in [3.05, 3.63) is 16.1 Å².